The van der Waals surface area contributed by atoms with Crippen LogP contribution in [-0.4, -0.2) is 27.4 Å². The van der Waals surface area contributed by atoms with Crippen LogP contribution in [-0.2, 0) is 23.9 Å². The van der Waals surface area contributed by atoms with Gasteiger partial charge in [-0.2, -0.15) is 28.2 Å². The Morgan fingerprint density at radius 2 is 1.77 bits per heavy atom. The van der Waals surface area contributed by atoms with Crippen molar-refractivity contribution in [3.05, 3.63) is 47.8 Å². The van der Waals surface area contributed by atoms with Gasteiger partial charge in [0.1, 0.15) is 0 Å². The number of carbonyl (C=O) groups excluding carboxylic acids is 1. The van der Waals surface area contributed by atoms with Gasteiger partial charge in [-0.05, 0) is 24.1 Å². The first-order chi connectivity index (χ1) is 10.4. The first-order valence-electron chi connectivity index (χ1n) is 6.72. The molecule has 0 aliphatic heterocycles. The lowest BCUT2D eigenvalue weighted by atomic mass is 10.1. The number of nitrogens with zero attached hydrogens (tertiary/aromatic N) is 3. The minimum absolute atomic E-state index is 0.160. The number of benzene rings is 1. The lowest BCUT2D eigenvalue weighted by Gasteiger charge is -2.08. The summed E-state index contributed by atoms with van der Waals surface area (Å²) in [6, 6.07) is 4.83. The molecule has 8 heteroatoms. The fourth-order valence-corrected chi connectivity index (χ4v) is 1.86. The molecular formula is C14H15F3N4O. The number of hydrogen-bond donors (Lipinski definition) is 1. The highest BCUT2D eigenvalue weighted by atomic mass is 19.4. The van der Waals surface area contributed by atoms with E-state index >= 15 is 0 Å². The van der Waals surface area contributed by atoms with E-state index in [0.29, 0.717) is 25.1 Å². The van der Waals surface area contributed by atoms with Gasteiger partial charge in [0.2, 0.25) is 5.91 Å². The zero-order valence-corrected chi connectivity index (χ0v) is 11.7. The van der Waals surface area contributed by atoms with Crippen molar-refractivity contribution in [2.45, 2.75) is 25.6 Å². The molecule has 0 radical (unpaired) electrons. The summed E-state index contributed by atoms with van der Waals surface area (Å²) in [4.78, 5) is 13.1. The normalized spacial score (nSPS) is 11.4. The number of nitrogens with one attached hydrogen (secondary N) is 1. The van der Waals surface area contributed by atoms with E-state index in [9.17, 15) is 18.0 Å². The van der Waals surface area contributed by atoms with Crippen LogP contribution in [0.25, 0.3) is 0 Å². The quantitative estimate of drug-likeness (QED) is 0.888. The van der Waals surface area contributed by atoms with Crippen molar-refractivity contribution in [1.82, 2.24) is 20.3 Å². The van der Waals surface area contributed by atoms with Gasteiger partial charge in [-0.3, -0.25) is 4.79 Å². The maximum absolute atomic E-state index is 12.4. The Morgan fingerprint density at radius 1 is 1.14 bits per heavy atom. The highest BCUT2D eigenvalue weighted by molar-refractivity contribution is 5.76. The Bertz CT molecular complexity index is 594. The standard InChI is InChI=1S/C14H15F3N4O/c15-14(16,17)12-4-1-11(2-5-12)3-6-13(22)18-9-10-21-19-7-8-20-21/h1-2,4-5,7-8H,3,6,9-10H2,(H,18,22). The molecule has 1 aromatic heterocycles. The number of alkyl halides is 3. The van der Waals surface area contributed by atoms with Gasteiger partial charge in [0.05, 0.1) is 24.5 Å². The largest absolute Gasteiger partial charge is 0.416 e. The van der Waals surface area contributed by atoms with Crippen molar-refractivity contribution in [2.24, 2.45) is 0 Å². The first kappa shape index (κ1) is 16.0. The maximum atomic E-state index is 12.4. The van der Waals surface area contributed by atoms with E-state index in [1.807, 2.05) is 0 Å². The van der Waals surface area contributed by atoms with Crippen molar-refractivity contribution < 1.29 is 18.0 Å². The maximum Gasteiger partial charge on any atom is 0.416 e. The molecule has 0 aliphatic rings. The van der Waals surface area contributed by atoms with Crippen LogP contribution in [0.15, 0.2) is 36.7 Å². The molecule has 0 unspecified atom stereocenters. The van der Waals surface area contributed by atoms with Crippen molar-refractivity contribution in [3.8, 4) is 0 Å². The number of amides is 1. The second-order valence-corrected chi connectivity index (χ2v) is 4.67. The third-order valence-corrected chi connectivity index (χ3v) is 3.02. The number of aryl methyl sites for hydroxylation is 1. The molecule has 1 aromatic carbocycles. The third kappa shape index (κ3) is 4.87. The summed E-state index contributed by atoms with van der Waals surface area (Å²) in [6.45, 7) is 0.875. The van der Waals surface area contributed by atoms with Crippen LogP contribution in [0.3, 0.4) is 0 Å². The van der Waals surface area contributed by atoms with E-state index in [-0.39, 0.29) is 12.3 Å². The van der Waals surface area contributed by atoms with Crippen LogP contribution in [0.2, 0.25) is 0 Å². The van der Waals surface area contributed by atoms with Crippen molar-refractivity contribution in [3.63, 3.8) is 0 Å². The van der Waals surface area contributed by atoms with Gasteiger partial charge in [0, 0.05) is 13.0 Å². The van der Waals surface area contributed by atoms with E-state index in [2.05, 4.69) is 15.5 Å². The molecule has 1 N–H and O–H groups in total. The summed E-state index contributed by atoms with van der Waals surface area (Å²) in [5.41, 5.74) is 0.00400. The van der Waals surface area contributed by atoms with E-state index in [1.54, 1.807) is 12.4 Å². The highest BCUT2D eigenvalue weighted by Gasteiger charge is 2.29. The number of rotatable bonds is 6. The average Bonchev–Trinajstić information content (AvgIpc) is 2.98. The lowest BCUT2D eigenvalue weighted by Crippen LogP contribution is -2.28. The second kappa shape index (κ2) is 7.06. The number of carbonyl (C=O) groups is 1. The monoisotopic (exact) mass is 312 g/mol. The number of aromatic nitrogens is 3. The minimum Gasteiger partial charge on any atom is -0.354 e. The average molecular weight is 312 g/mol. The molecule has 2 aromatic rings. The third-order valence-electron chi connectivity index (χ3n) is 3.02. The second-order valence-electron chi connectivity index (χ2n) is 4.67. The van der Waals surface area contributed by atoms with Crippen LogP contribution in [0.1, 0.15) is 17.5 Å². The van der Waals surface area contributed by atoms with Crippen LogP contribution in [0.4, 0.5) is 13.2 Å². The smallest absolute Gasteiger partial charge is 0.354 e. The molecular weight excluding hydrogens is 297 g/mol. The van der Waals surface area contributed by atoms with Crippen LogP contribution in [0.5, 0.6) is 0 Å². The summed E-state index contributed by atoms with van der Waals surface area (Å²) < 4.78 is 37.2. The summed E-state index contributed by atoms with van der Waals surface area (Å²) >= 11 is 0. The molecule has 0 saturated carbocycles. The van der Waals surface area contributed by atoms with E-state index in [0.717, 1.165) is 12.1 Å². The molecule has 0 aliphatic carbocycles. The van der Waals surface area contributed by atoms with Gasteiger partial charge in [-0.15, -0.1) is 0 Å². The van der Waals surface area contributed by atoms with Crippen LogP contribution in [0, 0.1) is 0 Å². The molecule has 0 spiro atoms. The van der Waals surface area contributed by atoms with E-state index in [1.165, 1.54) is 16.9 Å². The fourth-order valence-electron chi connectivity index (χ4n) is 1.86. The molecule has 5 nitrogen and oxygen atoms in total. The predicted molar refractivity (Wildman–Crippen MR) is 72.8 cm³/mol. The van der Waals surface area contributed by atoms with Gasteiger partial charge in [0.25, 0.3) is 0 Å². The molecule has 0 atom stereocenters. The van der Waals surface area contributed by atoms with Crippen LogP contribution < -0.4 is 5.32 Å². The Morgan fingerprint density at radius 3 is 2.36 bits per heavy atom. The van der Waals surface area contributed by atoms with E-state index in [4.69, 9.17) is 0 Å². The predicted octanol–water partition coefficient (Wildman–Crippen LogP) is 2.05. The summed E-state index contributed by atoms with van der Waals surface area (Å²) in [5, 5.41) is 10.5. The van der Waals surface area contributed by atoms with Gasteiger partial charge in [-0.25, -0.2) is 0 Å². The molecule has 22 heavy (non-hydrogen) atoms. The van der Waals surface area contributed by atoms with Gasteiger partial charge in [-0.1, -0.05) is 12.1 Å². The topological polar surface area (TPSA) is 59.8 Å². The minimum atomic E-state index is -4.34. The van der Waals surface area contributed by atoms with Crippen molar-refractivity contribution in [1.29, 1.82) is 0 Å². The van der Waals surface area contributed by atoms with Crippen LogP contribution >= 0.6 is 0 Å². The SMILES string of the molecule is O=C(CCc1ccc(C(F)(F)F)cc1)NCCn1nccn1. The Labute approximate surface area is 125 Å². The number of hydrogen-bond acceptors (Lipinski definition) is 3. The zero-order chi connectivity index (χ0) is 16.0. The fraction of sp³-hybridized carbons (Fsp3) is 0.357. The Hall–Kier alpha value is -2.38. The first-order valence-corrected chi connectivity index (χ1v) is 6.72. The molecule has 0 bridgehead atoms. The lowest BCUT2D eigenvalue weighted by molar-refractivity contribution is -0.137. The van der Waals surface area contributed by atoms with Crippen molar-refractivity contribution in [2.75, 3.05) is 6.54 Å². The van der Waals surface area contributed by atoms with Gasteiger partial charge >= 0.3 is 6.18 Å². The Balaban J connectivity index is 1.71. The summed E-state index contributed by atoms with van der Waals surface area (Å²) in [6.07, 6.45) is -0.628. The molecule has 2 rings (SSSR count). The zero-order valence-electron chi connectivity index (χ0n) is 11.7. The molecule has 1 heterocycles. The summed E-state index contributed by atoms with van der Waals surface area (Å²) in [7, 11) is 0. The Kier molecular flexibility index (Phi) is 5.13. The van der Waals surface area contributed by atoms with Crippen molar-refractivity contribution >= 4 is 5.91 Å². The molecule has 1 amide bonds. The molecule has 0 fully saturated rings. The number of halogens is 3. The summed E-state index contributed by atoms with van der Waals surface area (Å²) in [5.74, 6) is -0.160. The van der Waals surface area contributed by atoms with Gasteiger partial charge < -0.3 is 5.32 Å². The highest BCUT2D eigenvalue weighted by Crippen LogP contribution is 2.29. The van der Waals surface area contributed by atoms with Gasteiger partial charge in [0.15, 0.2) is 0 Å². The molecule has 118 valence electrons. The van der Waals surface area contributed by atoms with E-state index < -0.39 is 11.7 Å². The molecule has 0 saturated heterocycles.